The molecule has 0 saturated heterocycles. The van der Waals surface area contributed by atoms with Crippen LogP contribution >= 0.6 is 0 Å². The fourth-order valence-corrected chi connectivity index (χ4v) is 1.90. The summed E-state index contributed by atoms with van der Waals surface area (Å²) in [5, 5.41) is 10.4. The molecule has 0 fully saturated rings. The molecule has 0 bridgehead atoms. The van der Waals surface area contributed by atoms with Gasteiger partial charge in [0, 0.05) is 5.92 Å². The van der Waals surface area contributed by atoms with Crippen LogP contribution in [0.1, 0.15) is 51.3 Å². The lowest BCUT2D eigenvalue weighted by atomic mass is 9.98. The van der Waals surface area contributed by atoms with Gasteiger partial charge < -0.3 is 4.52 Å². The zero-order chi connectivity index (χ0) is 12.1. The largest absolute Gasteiger partial charge is 0.339 e. The minimum Gasteiger partial charge on any atom is -0.339 e. The molecule has 2 heterocycles. The van der Waals surface area contributed by atoms with E-state index in [9.17, 15) is 0 Å². The number of aromatic nitrogens is 5. The first kappa shape index (κ1) is 11.8. The Hall–Kier alpha value is -1.72. The Labute approximate surface area is 99.8 Å². The molecule has 0 unspecified atom stereocenters. The quantitative estimate of drug-likeness (QED) is 0.832. The first-order valence-corrected chi connectivity index (χ1v) is 6.04. The second-order valence-corrected chi connectivity index (χ2v) is 4.06. The Morgan fingerprint density at radius 2 is 2.06 bits per heavy atom. The summed E-state index contributed by atoms with van der Waals surface area (Å²) in [5.41, 5.74) is 0. The van der Waals surface area contributed by atoms with Gasteiger partial charge in [0.15, 0.2) is 5.82 Å². The minimum absolute atomic E-state index is 0.356. The maximum Gasteiger partial charge on any atom is 0.239 e. The minimum atomic E-state index is 0.356. The Kier molecular flexibility index (Phi) is 3.85. The highest BCUT2D eigenvalue weighted by atomic mass is 16.5. The van der Waals surface area contributed by atoms with Crippen molar-refractivity contribution in [2.24, 2.45) is 0 Å². The summed E-state index contributed by atoms with van der Waals surface area (Å²) in [6, 6.07) is 0. The highest BCUT2D eigenvalue weighted by Gasteiger charge is 2.18. The molecular weight excluding hydrogens is 218 g/mol. The average molecular weight is 235 g/mol. The lowest BCUT2D eigenvalue weighted by Gasteiger charge is -2.08. The standard InChI is InChI=1S/C11H17N5O/c1-3-5-8(6-4-2)11-14-10(16-17-11)9-12-7-13-15-9/h7-8H,3-6H2,1-2H3,(H,12,13,15). The molecule has 2 aromatic heterocycles. The molecule has 0 aliphatic heterocycles. The third-order valence-corrected chi connectivity index (χ3v) is 2.69. The molecule has 0 saturated carbocycles. The number of rotatable bonds is 6. The number of H-pyrrole nitrogens is 1. The average Bonchev–Trinajstić information content (AvgIpc) is 2.99. The van der Waals surface area contributed by atoms with E-state index in [1.807, 2.05) is 0 Å². The predicted molar refractivity (Wildman–Crippen MR) is 62.2 cm³/mol. The number of hydrogen-bond acceptors (Lipinski definition) is 5. The molecule has 0 amide bonds. The van der Waals surface area contributed by atoms with E-state index < -0.39 is 0 Å². The second kappa shape index (κ2) is 5.56. The van der Waals surface area contributed by atoms with Crippen LogP contribution < -0.4 is 0 Å². The van der Waals surface area contributed by atoms with E-state index in [4.69, 9.17) is 4.52 Å². The highest BCUT2D eigenvalue weighted by Crippen LogP contribution is 2.25. The van der Waals surface area contributed by atoms with Crippen LogP contribution in [0.2, 0.25) is 0 Å². The van der Waals surface area contributed by atoms with Crippen molar-refractivity contribution in [3.63, 3.8) is 0 Å². The van der Waals surface area contributed by atoms with Crippen molar-refractivity contribution < 1.29 is 4.52 Å². The van der Waals surface area contributed by atoms with Crippen LogP contribution in [-0.4, -0.2) is 25.3 Å². The van der Waals surface area contributed by atoms with E-state index in [2.05, 4.69) is 39.2 Å². The molecule has 2 aromatic rings. The summed E-state index contributed by atoms with van der Waals surface area (Å²) >= 11 is 0. The SMILES string of the molecule is CCCC(CCC)c1nc(-c2ncn[nH]2)no1. The fourth-order valence-electron chi connectivity index (χ4n) is 1.90. The van der Waals surface area contributed by atoms with Crippen molar-refractivity contribution >= 4 is 0 Å². The Morgan fingerprint density at radius 3 is 2.65 bits per heavy atom. The third kappa shape index (κ3) is 2.69. The van der Waals surface area contributed by atoms with Crippen molar-refractivity contribution in [3.8, 4) is 11.6 Å². The third-order valence-electron chi connectivity index (χ3n) is 2.69. The van der Waals surface area contributed by atoms with E-state index >= 15 is 0 Å². The zero-order valence-electron chi connectivity index (χ0n) is 10.2. The van der Waals surface area contributed by atoms with Crippen LogP contribution in [0.3, 0.4) is 0 Å². The number of aromatic amines is 1. The Bertz CT molecular complexity index is 430. The number of hydrogen-bond donors (Lipinski definition) is 1. The molecule has 0 aliphatic rings. The molecule has 0 radical (unpaired) electrons. The maximum atomic E-state index is 5.31. The van der Waals surface area contributed by atoms with Gasteiger partial charge in [0.25, 0.3) is 0 Å². The first-order valence-electron chi connectivity index (χ1n) is 6.04. The Balaban J connectivity index is 2.15. The van der Waals surface area contributed by atoms with Gasteiger partial charge in [-0.3, -0.25) is 5.10 Å². The van der Waals surface area contributed by atoms with Crippen LogP contribution in [0.4, 0.5) is 0 Å². The topological polar surface area (TPSA) is 80.5 Å². The summed E-state index contributed by atoms with van der Waals surface area (Å²) in [4.78, 5) is 8.38. The molecule has 0 aromatic carbocycles. The van der Waals surface area contributed by atoms with Crippen molar-refractivity contribution in [3.05, 3.63) is 12.2 Å². The molecule has 0 spiro atoms. The fraction of sp³-hybridized carbons (Fsp3) is 0.636. The molecule has 6 heteroatoms. The highest BCUT2D eigenvalue weighted by molar-refractivity contribution is 5.39. The van der Waals surface area contributed by atoms with Gasteiger partial charge in [0.2, 0.25) is 11.7 Å². The van der Waals surface area contributed by atoms with E-state index in [1.54, 1.807) is 0 Å². The van der Waals surface area contributed by atoms with Crippen molar-refractivity contribution in [2.45, 2.75) is 45.4 Å². The van der Waals surface area contributed by atoms with Gasteiger partial charge in [-0.2, -0.15) is 10.1 Å². The molecule has 17 heavy (non-hydrogen) atoms. The van der Waals surface area contributed by atoms with Crippen LogP contribution in [-0.2, 0) is 0 Å². The molecule has 0 atom stereocenters. The lowest BCUT2D eigenvalue weighted by molar-refractivity contribution is 0.337. The molecule has 1 N–H and O–H groups in total. The van der Waals surface area contributed by atoms with Crippen LogP contribution in [0.5, 0.6) is 0 Å². The zero-order valence-corrected chi connectivity index (χ0v) is 10.2. The summed E-state index contributed by atoms with van der Waals surface area (Å²) in [5.74, 6) is 2.09. The van der Waals surface area contributed by atoms with Gasteiger partial charge in [0.1, 0.15) is 6.33 Å². The summed E-state index contributed by atoms with van der Waals surface area (Å²) in [7, 11) is 0. The number of nitrogens with zero attached hydrogens (tertiary/aromatic N) is 4. The van der Waals surface area contributed by atoms with Crippen LogP contribution in [0.15, 0.2) is 10.9 Å². The van der Waals surface area contributed by atoms with Gasteiger partial charge >= 0.3 is 0 Å². The number of nitrogens with one attached hydrogen (secondary N) is 1. The van der Waals surface area contributed by atoms with Crippen LogP contribution in [0.25, 0.3) is 11.6 Å². The molecule has 2 rings (SSSR count). The van der Waals surface area contributed by atoms with Crippen molar-refractivity contribution in [1.29, 1.82) is 0 Å². The lowest BCUT2D eigenvalue weighted by Crippen LogP contribution is -1.98. The van der Waals surface area contributed by atoms with Gasteiger partial charge in [-0.1, -0.05) is 31.8 Å². The smallest absolute Gasteiger partial charge is 0.239 e. The maximum absolute atomic E-state index is 5.31. The van der Waals surface area contributed by atoms with Gasteiger partial charge in [-0.25, -0.2) is 4.98 Å². The summed E-state index contributed by atoms with van der Waals surface area (Å²) in [6.45, 7) is 4.33. The predicted octanol–water partition coefficient (Wildman–Crippen LogP) is 2.54. The normalized spacial score (nSPS) is 11.2. The molecule has 6 nitrogen and oxygen atoms in total. The summed E-state index contributed by atoms with van der Waals surface area (Å²) in [6.07, 6.45) is 5.81. The Morgan fingerprint density at radius 1 is 1.29 bits per heavy atom. The van der Waals surface area contributed by atoms with Crippen LogP contribution in [0, 0.1) is 0 Å². The molecule has 92 valence electrons. The van der Waals surface area contributed by atoms with Crippen molar-refractivity contribution in [1.82, 2.24) is 25.3 Å². The molecule has 0 aliphatic carbocycles. The van der Waals surface area contributed by atoms with E-state index in [0.29, 0.717) is 23.5 Å². The van der Waals surface area contributed by atoms with E-state index in [0.717, 1.165) is 25.7 Å². The van der Waals surface area contributed by atoms with E-state index in [1.165, 1.54) is 6.33 Å². The van der Waals surface area contributed by atoms with E-state index in [-0.39, 0.29) is 0 Å². The van der Waals surface area contributed by atoms with Crippen molar-refractivity contribution in [2.75, 3.05) is 0 Å². The first-order chi connectivity index (χ1) is 8.35. The second-order valence-electron chi connectivity index (χ2n) is 4.06. The van der Waals surface area contributed by atoms with Gasteiger partial charge in [0.05, 0.1) is 0 Å². The van der Waals surface area contributed by atoms with Gasteiger partial charge in [-0.15, -0.1) is 0 Å². The summed E-state index contributed by atoms with van der Waals surface area (Å²) < 4.78 is 5.31. The molecular formula is C11H17N5O. The van der Waals surface area contributed by atoms with Gasteiger partial charge in [-0.05, 0) is 12.8 Å². The monoisotopic (exact) mass is 235 g/mol.